The van der Waals surface area contributed by atoms with Crippen molar-refractivity contribution in [3.8, 4) is 11.3 Å². The molecule has 11 heteroatoms. The van der Waals surface area contributed by atoms with Crippen molar-refractivity contribution in [2.75, 3.05) is 6.54 Å². The van der Waals surface area contributed by atoms with Gasteiger partial charge in [0.05, 0.1) is 22.5 Å². The molecule has 6 nitrogen and oxygen atoms in total. The predicted octanol–water partition coefficient (Wildman–Crippen LogP) is 3.05. The fraction of sp³-hybridized carbons (Fsp3) is 0.158. The summed E-state index contributed by atoms with van der Waals surface area (Å²) in [4.78, 5) is 15.8. The van der Waals surface area contributed by atoms with Gasteiger partial charge in [-0.3, -0.25) is 9.36 Å². The fourth-order valence-electron chi connectivity index (χ4n) is 2.60. The second-order valence-electron chi connectivity index (χ2n) is 6.24. The minimum atomic E-state index is -4.67. The van der Waals surface area contributed by atoms with Crippen LogP contribution in [0, 0.1) is 5.82 Å². The topological polar surface area (TPSA) is 81.1 Å². The first-order valence-electron chi connectivity index (χ1n) is 8.56. The Morgan fingerprint density at radius 2 is 1.73 bits per heavy atom. The van der Waals surface area contributed by atoms with Gasteiger partial charge in [0.1, 0.15) is 5.82 Å². The predicted molar refractivity (Wildman–Crippen MR) is 101 cm³/mol. The van der Waals surface area contributed by atoms with Gasteiger partial charge in [-0.1, -0.05) is 6.07 Å². The van der Waals surface area contributed by atoms with Crippen molar-refractivity contribution in [2.24, 2.45) is 0 Å². The van der Waals surface area contributed by atoms with E-state index in [9.17, 15) is 30.8 Å². The standard InChI is InChI=1S/C19H15F4N3O3S/c20-15-6-4-13(5-7-15)17-11-18(27)26(12-24-17)9-8-25-30(28,29)16-3-1-2-14(10-16)19(21,22)23/h1-7,10-12,25H,8-9H2. The van der Waals surface area contributed by atoms with Crippen LogP contribution in [-0.4, -0.2) is 24.5 Å². The third-order valence-electron chi connectivity index (χ3n) is 4.14. The van der Waals surface area contributed by atoms with E-state index in [0.717, 1.165) is 22.8 Å². The zero-order valence-corrected chi connectivity index (χ0v) is 16.0. The summed E-state index contributed by atoms with van der Waals surface area (Å²) in [6, 6.07) is 9.95. The van der Waals surface area contributed by atoms with Gasteiger partial charge in [-0.25, -0.2) is 22.5 Å². The Hall–Kier alpha value is -3.05. The minimum Gasteiger partial charge on any atom is -0.298 e. The molecule has 0 spiro atoms. The first kappa shape index (κ1) is 21.7. The SMILES string of the molecule is O=c1cc(-c2ccc(F)cc2)ncn1CCNS(=O)(=O)c1cccc(C(F)(F)F)c1. The molecular weight excluding hydrogens is 426 g/mol. The monoisotopic (exact) mass is 441 g/mol. The number of halogens is 4. The van der Waals surface area contributed by atoms with E-state index >= 15 is 0 Å². The molecule has 3 rings (SSSR count). The number of rotatable bonds is 6. The van der Waals surface area contributed by atoms with Crippen molar-refractivity contribution in [2.45, 2.75) is 17.6 Å². The van der Waals surface area contributed by atoms with Gasteiger partial charge in [-0.05, 0) is 42.5 Å². The van der Waals surface area contributed by atoms with Gasteiger partial charge in [0.15, 0.2) is 0 Å². The van der Waals surface area contributed by atoms with Crippen LogP contribution in [0.3, 0.4) is 0 Å². The molecule has 1 N–H and O–H groups in total. The number of nitrogens with zero attached hydrogens (tertiary/aromatic N) is 2. The summed E-state index contributed by atoms with van der Waals surface area (Å²) in [5.74, 6) is -0.430. The van der Waals surface area contributed by atoms with E-state index in [-0.39, 0.29) is 13.1 Å². The van der Waals surface area contributed by atoms with Gasteiger partial charge in [0.25, 0.3) is 5.56 Å². The third-order valence-corrected chi connectivity index (χ3v) is 5.59. The van der Waals surface area contributed by atoms with Crippen molar-refractivity contribution in [3.63, 3.8) is 0 Å². The lowest BCUT2D eigenvalue weighted by Gasteiger charge is -2.11. The van der Waals surface area contributed by atoms with Crippen LogP contribution in [0.1, 0.15) is 5.56 Å². The van der Waals surface area contributed by atoms with E-state index < -0.39 is 38.0 Å². The quantitative estimate of drug-likeness (QED) is 0.597. The first-order chi connectivity index (χ1) is 14.1. The van der Waals surface area contributed by atoms with Crippen LogP contribution in [0.5, 0.6) is 0 Å². The number of hydrogen-bond acceptors (Lipinski definition) is 4. The van der Waals surface area contributed by atoms with E-state index in [1.54, 1.807) is 0 Å². The largest absolute Gasteiger partial charge is 0.416 e. The van der Waals surface area contributed by atoms with Crippen molar-refractivity contribution in [1.29, 1.82) is 0 Å². The summed E-state index contributed by atoms with van der Waals surface area (Å²) in [6.07, 6.45) is -3.46. The molecule has 158 valence electrons. The van der Waals surface area contributed by atoms with Crippen LogP contribution < -0.4 is 10.3 Å². The molecule has 2 aromatic carbocycles. The van der Waals surface area contributed by atoms with Gasteiger partial charge < -0.3 is 0 Å². The molecule has 0 radical (unpaired) electrons. The van der Waals surface area contributed by atoms with Gasteiger partial charge in [0.2, 0.25) is 10.0 Å². The van der Waals surface area contributed by atoms with Crippen LogP contribution >= 0.6 is 0 Å². The van der Waals surface area contributed by atoms with E-state index in [4.69, 9.17) is 0 Å². The normalized spacial score (nSPS) is 12.1. The summed E-state index contributed by atoms with van der Waals surface area (Å²) in [5.41, 5.74) is -0.698. The van der Waals surface area contributed by atoms with Crippen LogP contribution in [-0.2, 0) is 22.7 Å². The number of benzene rings is 2. The molecule has 0 saturated carbocycles. The molecule has 0 aliphatic heterocycles. The molecule has 0 fully saturated rings. The Bertz CT molecular complexity index is 1210. The average molecular weight is 441 g/mol. The Balaban J connectivity index is 1.69. The van der Waals surface area contributed by atoms with Crippen molar-refractivity contribution in [1.82, 2.24) is 14.3 Å². The highest BCUT2D eigenvalue weighted by atomic mass is 32.2. The first-order valence-corrected chi connectivity index (χ1v) is 10.0. The number of nitrogens with one attached hydrogen (secondary N) is 1. The van der Waals surface area contributed by atoms with Crippen LogP contribution in [0.25, 0.3) is 11.3 Å². The van der Waals surface area contributed by atoms with Gasteiger partial charge in [0, 0.05) is 24.7 Å². The lowest BCUT2D eigenvalue weighted by molar-refractivity contribution is -0.137. The fourth-order valence-corrected chi connectivity index (χ4v) is 3.66. The second-order valence-corrected chi connectivity index (χ2v) is 8.00. The highest BCUT2D eigenvalue weighted by Gasteiger charge is 2.31. The molecule has 1 aromatic heterocycles. The summed E-state index contributed by atoms with van der Waals surface area (Å²) >= 11 is 0. The van der Waals surface area contributed by atoms with Crippen molar-refractivity contribution >= 4 is 10.0 Å². The van der Waals surface area contributed by atoms with Gasteiger partial charge >= 0.3 is 6.18 Å². The zero-order chi connectivity index (χ0) is 21.9. The summed E-state index contributed by atoms with van der Waals surface area (Å²) in [7, 11) is -4.20. The van der Waals surface area contributed by atoms with E-state index in [2.05, 4.69) is 9.71 Å². The minimum absolute atomic E-state index is 0.0896. The van der Waals surface area contributed by atoms with Crippen LogP contribution in [0.2, 0.25) is 0 Å². The lowest BCUT2D eigenvalue weighted by atomic mass is 10.1. The maximum atomic E-state index is 13.0. The number of alkyl halides is 3. The molecule has 0 amide bonds. The summed E-state index contributed by atoms with van der Waals surface area (Å²) in [5, 5.41) is 0. The highest BCUT2D eigenvalue weighted by molar-refractivity contribution is 7.89. The van der Waals surface area contributed by atoms with E-state index in [1.165, 1.54) is 36.7 Å². The van der Waals surface area contributed by atoms with E-state index in [0.29, 0.717) is 17.3 Å². The number of hydrogen-bond donors (Lipinski definition) is 1. The molecule has 0 unspecified atom stereocenters. The Labute approximate surface area is 168 Å². The lowest BCUT2D eigenvalue weighted by Crippen LogP contribution is -2.31. The third kappa shape index (κ3) is 5.10. The maximum Gasteiger partial charge on any atom is 0.416 e. The maximum absolute atomic E-state index is 13.0. The Kier molecular flexibility index (Phi) is 6.04. The Morgan fingerprint density at radius 1 is 1.03 bits per heavy atom. The van der Waals surface area contributed by atoms with Gasteiger partial charge in [-0.15, -0.1) is 0 Å². The Morgan fingerprint density at radius 3 is 2.37 bits per heavy atom. The summed E-state index contributed by atoms with van der Waals surface area (Å²) in [6.45, 7) is -0.330. The molecule has 0 aliphatic carbocycles. The molecule has 0 aliphatic rings. The number of sulfonamides is 1. The molecule has 30 heavy (non-hydrogen) atoms. The van der Waals surface area contributed by atoms with E-state index in [1.807, 2.05) is 0 Å². The smallest absolute Gasteiger partial charge is 0.298 e. The molecule has 0 saturated heterocycles. The highest BCUT2D eigenvalue weighted by Crippen LogP contribution is 2.30. The molecule has 0 bridgehead atoms. The van der Waals surface area contributed by atoms with Crippen LogP contribution in [0.15, 0.2) is 70.6 Å². The molecule has 3 aromatic rings. The molecule has 1 heterocycles. The zero-order valence-electron chi connectivity index (χ0n) is 15.2. The average Bonchev–Trinajstić information content (AvgIpc) is 2.69. The molecular formula is C19H15F4N3O3S. The van der Waals surface area contributed by atoms with Gasteiger partial charge in [-0.2, -0.15) is 13.2 Å². The van der Waals surface area contributed by atoms with Crippen LogP contribution in [0.4, 0.5) is 17.6 Å². The van der Waals surface area contributed by atoms with Crippen molar-refractivity contribution in [3.05, 3.63) is 82.7 Å². The molecule has 0 atom stereocenters. The van der Waals surface area contributed by atoms with Crippen molar-refractivity contribution < 1.29 is 26.0 Å². The second kappa shape index (κ2) is 8.36. The number of aromatic nitrogens is 2. The summed E-state index contributed by atoms with van der Waals surface area (Å²) < 4.78 is 79.1.